The first-order valence-corrected chi connectivity index (χ1v) is 7.16. The quantitative estimate of drug-likeness (QED) is 0.857. The fourth-order valence-electron chi connectivity index (χ4n) is 1.72. The van der Waals surface area contributed by atoms with Crippen LogP contribution in [0.2, 0.25) is 0 Å². The Morgan fingerprint density at radius 3 is 2.29 bits per heavy atom. The Morgan fingerprint density at radius 2 is 1.82 bits per heavy atom. The van der Waals surface area contributed by atoms with Crippen molar-refractivity contribution in [2.24, 2.45) is 11.1 Å². The zero-order chi connectivity index (χ0) is 12.5. The number of rotatable bonds is 5. The molecule has 5 heteroatoms. The number of nitrogens with two attached hydrogens (primary N) is 1. The topological polar surface area (TPSA) is 77.2 Å². The summed E-state index contributed by atoms with van der Waals surface area (Å²) in [5.74, 6) is 0.610. The molecule has 0 spiro atoms. The van der Waals surface area contributed by atoms with E-state index in [-0.39, 0.29) is 4.90 Å². The van der Waals surface area contributed by atoms with E-state index in [0.717, 1.165) is 18.4 Å². The lowest BCUT2D eigenvalue weighted by Crippen LogP contribution is -2.12. The fraction of sp³-hybridized carbons (Fsp3) is 0.417. The molecule has 1 aliphatic rings. The van der Waals surface area contributed by atoms with E-state index in [9.17, 15) is 13.2 Å². The molecular weight excluding hydrogens is 238 g/mol. The molecule has 1 fully saturated rings. The van der Waals surface area contributed by atoms with Gasteiger partial charge in [-0.3, -0.25) is 4.79 Å². The third-order valence-electron chi connectivity index (χ3n) is 2.94. The van der Waals surface area contributed by atoms with Crippen LogP contribution in [0.15, 0.2) is 29.2 Å². The Kier molecular flexibility index (Phi) is 3.31. The first-order chi connectivity index (χ1) is 7.97. The van der Waals surface area contributed by atoms with Gasteiger partial charge in [0.05, 0.1) is 4.90 Å². The molecule has 2 rings (SSSR count). The molecule has 1 aromatic rings. The van der Waals surface area contributed by atoms with E-state index in [1.54, 1.807) is 12.1 Å². The molecule has 0 aromatic heterocycles. The number of sulfonamides is 1. The highest BCUT2D eigenvalue weighted by Gasteiger charge is 2.28. The van der Waals surface area contributed by atoms with Gasteiger partial charge in [-0.05, 0) is 37.0 Å². The first-order valence-electron chi connectivity index (χ1n) is 5.61. The van der Waals surface area contributed by atoms with Gasteiger partial charge in [0.1, 0.15) is 5.78 Å². The second-order valence-corrected chi connectivity index (χ2v) is 5.99. The number of aryl methyl sites for hydroxylation is 1. The SMILES string of the molecule is NS(=O)(=O)c1ccc(CCC(=O)C2CC2)cc1. The number of hydrogen-bond acceptors (Lipinski definition) is 3. The van der Waals surface area contributed by atoms with Gasteiger partial charge in [-0.25, -0.2) is 13.6 Å². The Hall–Kier alpha value is -1.20. The van der Waals surface area contributed by atoms with E-state index < -0.39 is 10.0 Å². The highest BCUT2D eigenvalue weighted by atomic mass is 32.2. The normalized spacial score (nSPS) is 15.8. The van der Waals surface area contributed by atoms with Crippen LogP contribution in [-0.4, -0.2) is 14.2 Å². The van der Waals surface area contributed by atoms with Crippen molar-refractivity contribution in [3.05, 3.63) is 29.8 Å². The van der Waals surface area contributed by atoms with Crippen LogP contribution in [0.4, 0.5) is 0 Å². The molecule has 0 bridgehead atoms. The summed E-state index contributed by atoms with van der Waals surface area (Å²) in [5, 5.41) is 5.00. The second-order valence-electron chi connectivity index (χ2n) is 4.43. The average molecular weight is 253 g/mol. The number of carbonyl (C=O) groups is 1. The molecule has 0 saturated heterocycles. The van der Waals surface area contributed by atoms with Crippen molar-refractivity contribution in [1.82, 2.24) is 0 Å². The van der Waals surface area contributed by atoms with Crippen molar-refractivity contribution in [1.29, 1.82) is 0 Å². The van der Waals surface area contributed by atoms with Crippen LogP contribution in [0.5, 0.6) is 0 Å². The number of benzene rings is 1. The van der Waals surface area contributed by atoms with Crippen molar-refractivity contribution >= 4 is 15.8 Å². The van der Waals surface area contributed by atoms with Crippen molar-refractivity contribution < 1.29 is 13.2 Å². The maximum atomic E-state index is 11.5. The lowest BCUT2D eigenvalue weighted by atomic mass is 10.1. The maximum absolute atomic E-state index is 11.5. The van der Waals surface area contributed by atoms with E-state index in [0.29, 0.717) is 24.5 Å². The molecule has 0 radical (unpaired) electrons. The molecule has 1 saturated carbocycles. The van der Waals surface area contributed by atoms with Crippen LogP contribution in [0.3, 0.4) is 0 Å². The molecule has 0 amide bonds. The summed E-state index contributed by atoms with van der Waals surface area (Å²) < 4.78 is 22.1. The molecule has 92 valence electrons. The largest absolute Gasteiger partial charge is 0.299 e. The Balaban J connectivity index is 1.96. The van der Waals surface area contributed by atoms with E-state index >= 15 is 0 Å². The van der Waals surface area contributed by atoms with Crippen LogP contribution in [-0.2, 0) is 21.2 Å². The minimum atomic E-state index is -3.62. The second kappa shape index (κ2) is 4.58. The molecule has 2 N–H and O–H groups in total. The number of carbonyl (C=O) groups excluding carboxylic acids is 1. The van der Waals surface area contributed by atoms with Crippen molar-refractivity contribution in [2.45, 2.75) is 30.6 Å². The smallest absolute Gasteiger partial charge is 0.238 e. The van der Waals surface area contributed by atoms with Gasteiger partial charge >= 0.3 is 0 Å². The lowest BCUT2D eigenvalue weighted by molar-refractivity contribution is -0.120. The predicted molar refractivity (Wildman–Crippen MR) is 63.9 cm³/mol. The number of hydrogen-bond donors (Lipinski definition) is 1. The maximum Gasteiger partial charge on any atom is 0.238 e. The molecule has 0 heterocycles. The summed E-state index contributed by atoms with van der Waals surface area (Å²) in [5.41, 5.74) is 0.964. The predicted octanol–water partition coefficient (Wildman–Crippen LogP) is 1.25. The number of Topliss-reactive ketones (excluding diaryl/α,β-unsaturated/α-hetero) is 1. The van der Waals surface area contributed by atoms with Gasteiger partial charge in [-0.15, -0.1) is 0 Å². The van der Waals surface area contributed by atoms with Crippen LogP contribution >= 0.6 is 0 Å². The van der Waals surface area contributed by atoms with E-state index in [1.807, 2.05) is 0 Å². The van der Waals surface area contributed by atoms with Crippen molar-refractivity contribution in [3.8, 4) is 0 Å². The average Bonchev–Trinajstić information content (AvgIpc) is 3.09. The summed E-state index contributed by atoms with van der Waals surface area (Å²) >= 11 is 0. The van der Waals surface area contributed by atoms with Gasteiger partial charge in [0.25, 0.3) is 0 Å². The molecule has 0 unspecified atom stereocenters. The molecule has 0 atom stereocenters. The summed E-state index contributed by atoms with van der Waals surface area (Å²) in [6.07, 6.45) is 3.27. The van der Waals surface area contributed by atoms with Gasteiger partial charge < -0.3 is 0 Å². The summed E-state index contributed by atoms with van der Waals surface area (Å²) in [6, 6.07) is 6.37. The van der Waals surface area contributed by atoms with Crippen molar-refractivity contribution in [2.75, 3.05) is 0 Å². The third-order valence-corrected chi connectivity index (χ3v) is 3.87. The molecule has 1 aliphatic carbocycles. The van der Waals surface area contributed by atoms with Crippen LogP contribution in [0.25, 0.3) is 0 Å². The molecule has 0 aliphatic heterocycles. The van der Waals surface area contributed by atoms with E-state index in [2.05, 4.69) is 0 Å². The lowest BCUT2D eigenvalue weighted by Gasteiger charge is -2.02. The van der Waals surface area contributed by atoms with Gasteiger partial charge in [0.2, 0.25) is 10.0 Å². The van der Waals surface area contributed by atoms with E-state index in [1.165, 1.54) is 12.1 Å². The third kappa shape index (κ3) is 3.38. The minimum absolute atomic E-state index is 0.106. The van der Waals surface area contributed by atoms with E-state index in [4.69, 9.17) is 5.14 Å². The van der Waals surface area contributed by atoms with Gasteiger partial charge in [0.15, 0.2) is 0 Å². The van der Waals surface area contributed by atoms with Crippen LogP contribution in [0, 0.1) is 5.92 Å². The standard InChI is InChI=1S/C12H15NO3S/c13-17(15,16)11-6-1-9(2-7-11)3-8-12(14)10-4-5-10/h1-2,6-7,10H,3-5,8H2,(H2,13,15,16). The van der Waals surface area contributed by atoms with Crippen molar-refractivity contribution in [3.63, 3.8) is 0 Å². The zero-order valence-corrected chi connectivity index (χ0v) is 10.2. The fourth-order valence-corrected chi connectivity index (χ4v) is 2.24. The highest BCUT2D eigenvalue weighted by Crippen LogP contribution is 2.31. The number of ketones is 1. The van der Waals surface area contributed by atoms with Gasteiger partial charge in [0, 0.05) is 12.3 Å². The Labute approximate surface area is 101 Å². The van der Waals surface area contributed by atoms with Gasteiger partial charge in [-0.1, -0.05) is 12.1 Å². The molecule has 17 heavy (non-hydrogen) atoms. The molecular formula is C12H15NO3S. The van der Waals surface area contributed by atoms with Gasteiger partial charge in [-0.2, -0.15) is 0 Å². The van der Waals surface area contributed by atoms with Crippen LogP contribution < -0.4 is 5.14 Å². The summed E-state index contributed by atoms with van der Waals surface area (Å²) in [4.78, 5) is 11.6. The number of primary sulfonamides is 1. The first kappa shape index (κ1) is 12.3. The molecule has 4 nitrogen and oxygen atoms in total. The summed E-state index contributed by atoms with van der Waals surface area (Å²) in [6.45, 7) is 0. The minimum Gasteiger partial charge on any atom is -0.299 e. The monoisotopic (exact) mass is 253 g/mol. The summed E-state index contributed by atoms with van der Waals surface area (Å²) in [7, 11) is -3.62. The Morgan fingerprint density at radius 1 is 1.24 bits per heavy atom. The zero-order valence-electron chi connectivity index (χ0n) is 9.43. The van der Waals surface area contributed by atoms with Crippen LogP contribution in [0.1, 0.15) is 24.8 Å². The molecule has 1 aromatic carbocycles. The highest BCUT2D eigenvalue weighted by molar-refractivity contribution is 7.89. The Bertz CT molecular complexity index is 515.